The van der Waals surface area contributed by atoms with Crippen LogP contribution in [0.3, 0.4) is 0 Å². The fourth-order valence-electron chi connectivity index (χ4n) is 1.19. The number of alkyl halides is 2. The van der Waals surface area contributed by atoms with Crippen molar-refractivity contribution < 1.29 is 27.1 Å². The maximum absolute atomic E-state index is 12.5. The molecule has 0 radical (unpaired) electrons. The molecule has 106 valence electrons. The number of carboxylic acid groups (broad SMARTS) is 1. The van der Waals surface area contributed by atoms with E-state index in [0.717, 1.165) is 17.8 Å². The second-order valence-corrected chi connectivity index (χ2v) is 6.75. The predicted octanol–water partition coefficient (Wildman–Crippen LogP) is 2.50. The molecule has 0 aliphatic rings. The number of benzene rings is 1. The first-order valence-corrected chi connectivity index (χ1v) is 7.76. The fraction of sp³-hybridized carbons (Fsp3) is 0.364. The van der Waals surface area contributed by atoms with Crippen molar-refractivity contribution in [3.8, 4) is 0 Å². The molecule has 1 atom stereocenters. The number of carboxylic acids is 1. The normalized spacial score (nSPS) is 13.5. The van der Waals surface area contributed by atoms with Gasteiger partial charge in [-0.15, -0.1) is 11.8 Å². The molecule has 0 spiro atoms. The highest BCUT2D eigenvalue weighted by Gasteiger charge is 2.29. The molecule has 0 aromatic heterocycles. The summed E-state index contributed by atoms with van der Waals surface area (Å²) >= 11 is 0.934. The number of hydrogen-bond donors (Lipinski definition) is 1. The van der Waals surface area contributed by atoms with Gasteiger partial charge < -0.3 is 5.11 Å². The number of halogens is 2. The third kappa shape index (κ3) is 3.90. The summed E-state index contributed by atoms with van der Waals surface area (Å²) in [4.78, 5) is 10.3. The second kappa shape index (κ2) is 6.33. The number of hydrogen-bond acceptors (Lipinski definition) is 4. The zero-order chi connectivity index (χ0) is 14.6. The van der Waals surface area contributed by atoms with Crippen LogP contribution < -0.4 is 0 Å². The van der Waals surface area contributed by atoms with Gasteiger partial charge in [0.05, 0.1) is 10.8 Å². The van der Waals surface area contributed by atoms with E-state index in [1.807, 2.05) is 0 Å². The summed E-state index contributed by atoms with van der Waals surface area (Å²) in [6, 6.07) is 5.34. The minimum atomic E-state index is -4.68. The van der Waals surface area contributed by atoms with Crippen molar-refractivity contribution >= 4 is 27.6 Å². The quantitative estimate of drug-likeness (QED) is 0.817. The standard InChI is InChI=1S/C11H12F2O4S2/c1-7(10(14)15)6-18-8-4-2-3-5-9(8)19(16,17)11(12)13/h2-5,7,11H,6H2,1H3,(H,14,15). The van der Waals surface area contributed by atoms with Crippen molar-refractivity contribution in [2.75, 3.05) is 5.75 Å². The molecule has 0 amide bonds. The van der Waals surface area contributed by atoms with Crippen molar-refractivity contribution in [3.05, 3.63) is 24.3 Å². The molecule has 0 aliphatic heterocycles. The highest BCUT2D eigenvalue weighted by molar-refractivity contribution is 8.00. The fourth-order valence-corrected chi connectivity index (χ4v) is 3.48. The van der Waals surface area contributed by atoms with Gasteiger partial charge in [-0.3, -0.25) is 4.79 Å². The number of rotatable bonds is 6. The van der Waals surface area contributed by atoms with Crippen LogP contribution in [0.4, 0.5) is 8.78 Å². The molecule has 4 nitrogen and oxygen atoms in total. The summed E-state index contributed by atoms with van der Waals surface area (Å²) in [6.07, 6.45) is 0. The molecule has 1 rings (SSSR count). The van der Waals surface area contributed by atoms with E-state index < -0.39 is 32.4 Å². The molecule has 1 unspecified atom stereocenters. The maximum atomic E-state index is 12.5. The van der Waals surface area contributed by atoms with Crippen molar-refractivity contribution in [2.45, 2.75) is 22.5 Å². The Morgan fingerprint density at radius 1 is 1.37 bits per heavy atom. The smallest absolute Gasteiger partial charge is 0.341 e. The van der Waals surface area contributed by atoms with Crippen molar-refractivity contribution in [2.24, 2.45) is 5.92 Å². The lowest BCUT2D eigenvalue weighted by molar-refractivity contribution is -0.140. The van der Waals surface area contributed by atoms with Gasteiger partial charge in [0.15, 0.2) is 0 Å². The molecular formula is C11H12F2O4S2. The SMILES string of the molecule is CC(CSc1ccccc1S(=O)(=O)C(F)F)C(=O)O. The van der Waals surface area contributed by atoms with Crippen molar-refractivity contribution in [3.63, 3.8) is 0 Å². The van der Waals surface area contributed by atoms with E-state index in [2.05, 4.69) is 0 Å². The highest BCUT2D eigenvalue weighted by atomic mass is 32.2. The van der Waals surface area contributed by atoms with E-state index in [9.17, 15) is 22.0 Å². The Morgan fingerprint density at radius 3 is 2.47 bits per heavy atom. The minimum absolute atomic E-state index is 0.102. The van der Waals surface area contributed by atoms with Crippen molar-refractivity contribution in [1.29, 1.82) is 0 Å². The van der Waals surface area contributed by atoms with E-state index in [0.29, 0.717) is 0 Å². The average Bonchev–Trinajstić information content (AvgIpc) is 2.35. The molecule has 0 heterocycles. The Labute approximate surface area is 113 Å². The molecule has 0 fully saturated rings. The lowest BCUT2D eigenvalue weighted by Gasteiger charge is -2.10. The van der Waals surface area contributed by atoms with E-state index >= 15 is 0 Å². The minimum Gasteiger partial charge on any atom is -0.481 e. The van der Waals surface area contributed by atoms with Crippen LogP contribution >= 0.6 is 11.8 Å². The van der Waals surface area contributed by atoms with Gasteiger partial charge in [0.1, 0.15) is 0 Å². The first-order valence-electron chi connectivity index (χ1n) is 5.23. The molecule has 0 aliphatic carbocycles. The van der Waals surface area contributed by atoms with E-state index in [4.69, 9.17) is 5.11 Å². The molecule has 1 aromatic rings. The van der Waals surface area contributed by atoms with Gasteiger partial charge in [-0.1, -0.05) is 19.1 Å². The van der Waals surface area contributed by atoms with Crippen LogP contribution in [-0.4, -0.2) is 31.0 Å². The van der Waals surface area contributed by atoms with E-state index in [1.54, 1.807) is 0 Å². The maximum Gasteiger partial charge on any atom is 0.341 e. The zero-order valence-electron chi connectivity index (χ0n) is 9.92. The van der Waals surface area contributed by atoms with E-state index in [-0.39, 0.29) is 10.6 Å². The van der Waals surface area contributed by atoms with Crippen LogP contribution in [-0.2, 0) is 14.6 Å². The monoisotopic (exact) mass is 310 g/mol. The lowest BCUT2D eigenvalue weighted by Crippen LogP contribution is -2.14. The predicted molar refractivity (Wildman–Crippen MR) is 67.2 cm³/mol. The number of aliphatic carboxylic acids is 1. The first kappa shape index (κ1) is 15.9. The zero-order valence-corrected chi connectivity index (χ0v) is 11.5. The topological polar surface area (TPSA) is 71.4 Å². The van der Waals surface area contributed by atoms with Crippen LogP contribution in [0.25, 0.3) is 0 Å². The van der Waals surface area contributed by atoms with Crippen LogP contribution in [0.2, 0.25) is 0 Å². The van der Waals surface area contributed by atoms with Crippen LogP contribution in [0.1, 0.15) is 6.92 Å². The van der Waals surface area contributed by atoms with Gasteiger partial charge in [-0.05, 0) is 12.1 Å². The summed E-state index contributed by atoms with van der Waals surface area (Å²) in [6.45, 7) is 1.46. The summed E-state index contributed by atoms with van der Waals surface area (Å²) in [5, 5.41) is 8.73. The molecule has 1 N–H and O–H groups in total. The lowest BCUT2D eigenvalue weighted by atomic mass is 10.2. The van der Waals surface area contributed by atoms with Gasteiger partial charge in [0.25, 0.3) is 0 Å². The molecular weight excluding hydrogens is 298 g/mol. The Bertz CT molecular complexity index is 558. The Morgan fingerprint density at radius 2 is 1.95 bits per heavy atom. The van der Waals surface area contributed by atoms with Crippen LogP contribution in [0.15, 0.2) is 34.1 Å². The average molecular weight is 310 g/mol. The van der Waals surface area contributed by atoms with Gasteiger partial charge in [0, 0.05) is 10.6 Å². The second-order valence-electron chi connectivity index (χ2n) is 3.80. The Balaban J connectivity index is 3.01. The summed E-state index contributed by atoms with van der Waals surface area (Å²) < 4.78 is 47.9. The van der Waals surface area contributed by atoms with Gasteiger partial charge >= 0.3 is 11.7 Å². The number of thioether (sulfide) groups is 1. The molecule has 19 heavy (non-hydrogen) atoms. The highest BCUT2D eigenvalue weighted by Crippen LogP contribution is 2.30. The van der Waals surface area contributed by atoms with Crippen LogP contribution in [0.5, 0.6) is 0 Å². The molecule has 0 bridgehead atoms. The van der Waals surface area contributed by atoms with Crippen LogP contribution in [0, 0.1) is 5.92 Å². The molecule has 0 saturated carbocycles. The molecule has 0 saturated heterocycles. The summed E-state index contributed by atoms with van der Waals surface area (Å²) in [5.41, 5.74) is 0. The largest absolute Gasteiger partial charge is 0.481 e. The first-order chi connectivity index (χ1) is 8.76. The van der Waals surface area contributed by atoms with Gasteiger partial charge in [-0.2, -0.15) is 8.78 Å². The third-order valence-corrected chi connectivity index (χ3v) is 5.20. The number of sulfone groups is 1. The number of carbonyl (C=O) groups is 1. The summed E-state index contributed by atoms with van der Waals surface area (Å²) in [7, 11) is -4.68. The third-order valence-electron chi connectivity index (χ3n) is 2.30. The Hall–Kier alpha value is -1.15. The van der Waals surface area contributed by atoms with Gasteiger partial charge in [0.2, 0.25) is 9.84 Å². The summed E-state index contributed by atoms with van der Waals surface area (Å²) in [5.74, 6) is -5.12. The van der Waals surface area contributed by atoms with E-state index in [1.165, 1.54) is 25.1 Å². The Kier molecular flexibility index (Phi) is 5.30. The molecule has 8 heteroatoms. The van der Waals surface area contributed by atoms with Gasteiger partial charge in [-0.25, -0.2) is 8.42 Å². The van der Waals surface area contributed by atoms with Crippen molar-refractivity contribution in [1.82, 2.24) is 0 Å². The molecule has 1 aromatic carbocycles.